The molecule has 0 unspecified atom stereocenters. The average Bonchev–Trinajstić information content (AvgIpc) is 2.42. The highest BCUT2D eigenvalue weighted by Gasteiger charge is 2.58. The highest BCUT2D eigenvalue weighted by Crippen LogP contribution is 2.28. The Labute approximate surface area is 138 Å². The van der Waals surface area contributed by atoms with E-state index in [9.17, 15) is 29.7 Å². The van der Waals surface area contributed by atoms with Gasteiger partial charge < -0.3 is 29.5 Å². The summed E-state index contributed by atoms with van der Waals surface area (Å²) in [6.45, 7) is 12.3. The molecule has 0 aliphatic heterocycles. The second kappa shape index (κ2) is 7.86. The lowest BCUT2D eigenvalue weighted by molar-refractivity contribution is -0.448. The Kier molecular flexibility index (Phi) is 7.05. The lowest BCUT2D eigenvalue weighted by Crippen LogP contribution is -2.62. The van der Waals surface area contributed by atoms with E-state index in [1.807, 2.05) is 0 Å². The number of ether oxygens (including phenoxy) is 3. The SMILES string of the molecule is C=C(C)C(=O)OCC(OC(=O)C(=C)C)(OC(=O)C(=C)C)C(O)(O)O. The maximum absolute atomic E-state index is 11.7. The van der Waals surface area contributed by atoms with Gasteiger partial charge in [-0.15, -0.1) is 0 Å². The molecule has 0 saturated heterocycles. The summed E-state index contributed by atoms with van der Waals surface area (Å²) >= 11 is 0. The van der Waals surface area contributed by atoms with Crippen molar-refractivity contribution >= 4 is 17.9 Å². The summed E-state index contributed by atoms with van der Waals surface area (Å²) in [5.41, 5.74) is -0.525. The zero-order valence-electron chi connectivity index (χ0n) is 13.6. The fourth-order valence-corrected chi connectivity index (χ4v) is 1.07. The summed E-state index contributed by atoms with van der Waals surface area (Å²) in [7, 11) is 0. The van der Waals surface area contributed by atoms with E-state index >= 15 is 0 Å². The third kappa shape index (κ3) is 5.61. The first-order valence-corrected chi connectivity index (χ1v) is 6.51. The Morgan fingerprint density at radius 3 is 1.38 bits per heavy atom. The van der Waals surface area contributed by atoms with Gasteiger partial charge in [-0.25, -0.2) is 14.4 Å². The van der Waals surface area contributed by atoms with E-state index in [1.54, 1.807) is 0 Å². The van der Waals surface area contributed by atoms with Crippen LogP contribution in [0.3, 0.4) is 0 Å². The molecule has 24 heavy (non-hydrogen) atoms. The molecule has 0 aromatic heterocycles. The normalized spacial score (nSPS) is 11.2. The fraction of sp³-hybridized carbons (Fsp3) is 0.400. The van der Waals surface area contributed by atoms with Crippen LogP contribution in [-0.4, -0.2) is 51.6 Å². The van der Waals surface area contributed by atoms with Crippen LogP contribution >= 0.6 is 0 Å². The summed E-state index contributed by atoms with van der Waals surface area (Å²) in [6.07, 6.45) is 0. The van der Waals surface area contributed by atoms with Gasteiger partial charge in [0.1, 0.15) is 0 Å². The molecule has 0 bridgehead atoms. The first-order chi connectivity index (χ1) is 10.7. The number of hydrogen-bond donors (Lipinski definition) is 3. The third-order valence-electron chi connectivity index (χ3n) is 2.46. The Morgan fingerprint density at radius 2 is 1.12 bits per heavy atom. The third-order valence-corrected chi connectivity index (χ3v) is 2.46. The Morgan fingerprint density at radius 1 is 0.792 bits per heavy atom. The van der Waals surface area contributed by atoms with Gasteiger partial charge in [0.2, 0.25) is 0 Å². The average molecular weight is 344 g/mol. The van der Waals surface area contributed by atoms with Crippen LogP contribution in [0, 0.1) is 0 Å². The maximum atomic E-state index is 11.7. The minimum Gasteiger partial charge on any atom is -0.454 e. The molecule has 3 N–H and O–H groups in total. The highest BCUT2D eigenvalue weighted by molar-refractivity contribution is 5.89. The number of hydrogen-bond acceptors (Lipinski definition) is 9. The fourth-order valence-electron chi connectivity index (χ4n) is 1.07. The van der Waals surface area contributed by atoms with Gasteiger partial charge in [0.05, 0.1) is 0 Å². The van der Waals surface area contributed by atoms with Crippen LogP contribution in [0.4, 0.5) is 0 Å². The number of aliphatic hydroxyl groups is 3. The van der Waals surface area contributed by atoms with E-state index in [0.717, 1.165) is 0 Å². The van der Waals surface area contributed by atoms with Gasteiger partial charge in [-0.3, -0.25) is 0 Å². The van der Waals surface area contributed by atoms with Crippen molar-refractivity contribution in [1.29, 1.82) is 0 Å². The molecule has 134 valence electrons. The highest BCUT2D eigenvalue weighted by atomic mass is 16.8. The van der Waals surface area contributed by atoms with Gasteiger partial charge in [-0.05, 0) is 20.8 Å². The Hall–Kier alpha value is -2.49. The van der Waals surface area contributed by atoms with Gasteiger partial charge in [0.25, 0.3) is 0 Å². The molecule has 0 rings (SSSR count). The minimum atomic E-state index is -3.90. The molecule has 0 radical (unpaired) electrons. The first kappa shape index (κ1) is 21.5. The predicted molar refractivity (Wildman–Crippen MR) is 79.7 cm³/mol. The lowest BCUT2D eigenvalue weighted by Gasteiger charge is -2.37. The number of rotatable bonds is 8. The zero-order chi connectivity index (χ0) is 19.3. The Bertz CT molecular complexity index is 552. The molecule has 0 amide bonds. The van der Waals surface area contributed by atoms with Crippen molar-refractivity contribution in [3.8, 4) is 0 Å². The van der Waals surface area contributed by atoms with Gasteiger partial charge >= 0.3 is 29.7 Å². The molecule has 0 atom stereocenters. The van der Waals surface area contributed by atoms with Crippen molar-refractivity contribution in [2.75, 3.05) is 6.61 Å². The molecule has 9 heteroatoms. The quantitative estimate of drug-likeness (QED) is 0.307. The zero-order valence-corrected chi connectivity index (χ0v) is 13.6. The molecule has 0 saturated carbocycles. The second-order valence-electron chi connectivity index (χ2n) is 5.08. The van der Waals surface area contributed by atoms with Crippen LogP contribution < -0.4 is 0 Å². The molecule has 0 aromatic rings. The lowest BCUT2D eigenvalue weighted by atomic mass is 10.2. The van der Waals surface area contributed by atoms with E-state index < -0.39 is 36.3 Å². The minimum absolute atomic E-state index is 0.0826. The molecule has 0 aromatic carbocycles. The van der Waals surface area contributed by atoms with Crippen molar-refractivity contribution in [1.82, 2.24) is 0 Å². The molecule has 0 fully saturated rings. The smallest absolute Gasteiger partial charge is 0.374 e. The summed E-state index contributed by atoms with van der Waals surface area (Å²) < 4.78 is 13.9. The van der Waals surface area contributed by atoms with E-state index in [-0.39, 0.29) is 16.7 Å². The van der Waals surface area contributed by atoms with Crippen LogP contribution in [-0.2, 0) is 28.6 Å². The van der Waals surface area contributed by atoms with Crippen LogP contribution in [0.15, 0.2) is 36.5 Å². The van der Waals surface area contributed by atoms with Crippen molar-refractivity contribution < 1.29 is 43.9 Å². The van der Waals surface area contributed by atoms with E-state index in [4.69, 9.17) is 0 Å². The first-order valence-electron chi connectivity index (χ1n) is 6.51. The van der Waals surface area contributed by atoms with Gasteiger partial charge in [-0.2, -0.15) is 0 Å². The molecular weight excluding hydrogens is 324 g/mol. The van der Waals surface area contributed by atoms with Crippen molar-refractivity contribution in [2.45, 2.75) is 32.5 Å². The van der Waals surface area contributed by atoms with Crippen molar-refractivity contribution in [2.24, 2.45) is 0 Å². The van der Waals surface area contributed by atoms with E-state index in [1.165, 1.54) is 20.8 Å². The summed E-state index contributed by atoms with van der Waals surface area (Å²) in [5, 5.41) is 28.6. The van der Waals surface area contributed by atoms with Crippen LogP contribution in [0.25, 0.3) is 0 Å². The van der Waals surface area contributed by atoms with Gasteiger partial charge in [0, 0.05) is 16.7 Å². The van der Waals surface area contributed by atoms with Crippen LogP contribution in [0.2, 0.25) is 0 Å². The van der Waals surface area contributed by atoms with Gasteiger partial charge in [0.15, 0.2) is 6.61 Å². The number of esters is 3. The summed E-state index contributed by atoms with van der Waals surface area (Å²) in [5.74, 6) is -10.6. The van der Waals surface area contributed by atoms with E-state index in [2.05, 4.69) is 33.9 Å². The van der Waals surface area contributed by atoms with E-state index in [0.29, 0.717) is 0 Å². The van der Waals surface area contributed by atoms with Crippen LogP contribution in [0.5, 0.6) is 0 Å². The second-order valence-corrected chi connectivity index (χ2v) is 5.08. The monoisotopic (exact) mass is 344 g/mol. The maximum Gasteiger partial charge on any atom is 0.374 e. The topological polar surface area (TPSA) is 140 Å². The molecular formula is C15H20O9. The number of carbonyl (C=O) groups is 3. The molecule has 0 heterocycles. The summed E-state index contributed by atoms with van der Waals surface area (Å²) in [6, 6.07) is 0. The Balaban J connectivity index is 5.84. The molecule has 0 spiro atoms. The van der Waals surface area contributed by atoms with Gasteiger partial charge in [-0.1, -0.05) is 19.7 Å². The number of carbonyl (C=O) groups excluding carboxylic acids is 3. The molecule has 0 aliphatic rings. The molecule has 0 aliphatic carbocycles. The largest absolute Gasteiger partial charge is 0.454 e. The van der Waals surface area contributed by atoms with Crippen molar-refractivity contribution in [3.05, 3.63) is 36.5 Å². The van der Waals surface area contributed by atoms with Crippen molar-refractivity contribution in [3.63, 3.8) is 0 Å². The standard InChI is InChI=1S/C15H20O9/c1-8(2)11(16)22-7-14(15(19,20)21,23-12(17)9(3)4)24-13(18)10(5)6/h19-21H,1,3,5,7H2,2,4,6H3. The summed E-state index contributed by atoms with van der Waals surface area (Å²) in [4.78, 5) is 34.9. The predicted octanol–water partition coefficient (Wildman–Crippen LogP) is -0.329. The van der Waals surface area contributed by atoms with Crippen LogP contribution in [0.1, 0.15) is 20.8 Å². The molecule has 9 nitrogen and oxygen atoms in total.